The summed E-state index contributed by atoms with van der Waals surface area (Å²) in [5, 5.41) is 1.32. The summed E-state index contributed by atoms with van der Waals surface area (Å²) in [7, 11) is 6.14. The fourth-order valence-corrected chi connectivity index (χ4v) is 5.60. The van der Waals surface area contributed by atoms with Crippen molar-refractivity contribution in [2.75, 3.05) is 27.7 Å². The summed E-state index contributed by atoms with van der Waals surface area (Å²) in [6.45, 7) is 1.11. The third kappa shape index (κ3) is 2.79. The van der Waals surface area contributed by atoms with Crippen molar-refractivity contribution in [2.24, 2.45) is 11.8 Å². The fraction of sp³-hybridized carbons (Fsp3) is 0.474. The number of benzene rings is 1. The molecule has 1 fully saturated rings. The van der Waals surface area contributed by atoms with Crippen LogP contribution in [0.5, 0.6) is 5.75 Å². The van der Waals surface area contributed by atoms with Crippen LogP contribution in [0.25, 0.3) is 15.7 Å². The van der Waals surface area contributed by atoms with E-state index in [0.29, 0.717) is 0 Å². The molecule has 23 heavy (non-hydrogen) atoms. The van der Waals surface area contributed by atoms with E-state index in [4.69, 9.17) is 4.74 Å². The van der Waals surface area contributed by atoms with Crippen molar-refractivity contribution < 1.29 is 4.74 Å². The lowest BCUT2D eigenvalue weighted by Gasteiger charge is -2.22. The van der Waals surface area contributed by atoms with E-state index in [9.17, 15) is 0 Å². The van der Waals surface area contributed by atoms with Crippen molar-refractivity contribution in [3.63, 3.8) is 0 Å². The zero-order valence-corrected chi connectivity index (χ0v) is 15.6. The largest absolute Gasteiger partial charge is 0.495 e. The summed E-state index contributed by atoms with van der Waals surface area (Å²) in [6, 6.07) is 8.75. The molecule has 1 saturated carbocycles. The van der Waals surface area contributed by atoms with Gasteiger partial charge in [0, 0.05) is 11.4 Å². The number of thiophene rings is 1. The van der Waals surface area contributed by atoms with Crippen LogP contribution in [0, 0.1) is 11.8 Å². The van der Waals surface area contributed by atoms with Gasteiger partial charge in [0.2, 0.25) is 0 Å². The normalized spacial score (nSPS) is 23.0. The van der Waals surface area contributed by atoms with Gasteiger partial charge < -0.3 is 9.64 Å². The minimum atomic E-state index is 0. The Labute approximate surface area is 148 Å². The molecule has 1 heterocycles. The number of allylic oxidation sites excluding steroid dienone is 1. The van der Waals surface area contributed by atoms with Crippen LogP contribution in [0.4, 0.5) is 0 Å². The number of methoxy groups -OCH3 is 1. The maximum atomic E-state index is 5.54. The molecule has 2 atom stereocenters. The van der Waals surface area contributed by atoms with Crippen molar-refractivity contribution in [2.45, 2.75) is 19.3 Å². The molecule has 2 bridgehead atoms. The van der Waals surface area contributed by atoms with Crippen molar-refractivity contribution >= 4 is 39.4 Å². The lowest BCUT2D eigenvalue weighted by Crippen LogP contribution is -2.19. The van der Waals surface area contributed by atoms with Crippen molar-refractivity contribution in [3.05, 3.63) is 34.7 Å². The average Bonchev–Trinajstić information content (AvgIpc) is 3.19. The highest BCUT2D eigenvalue weighted by Gasteiger charge is 2.39. The van der Waals surface area contributed by atoms with Gasteiger partial charge in [-0.25, -0.2) is 0 Å². The number of hydrogen-bond acceptors (Lipinski definition) is 3. The highest BCUT2D eigenvalue weighted by Crippen LogP contribution is 2.54. The summed E-state index contributed by atoms with van der Waals surface area (Å²) in [6.07, 6.45) is 4.15. The maximum absolute atomic E-state index is 5.54. The molecule has 2 aromatic rings. The first-order valence-corrected chi connectivity index (χ1v) is 8.93. The van der Waals surface area contributed by atoms with Crippen LogP contribution in [-0.2, 0) is 0 Å². The summed E-state index contributed by atoms with van der Waals surface area (Å²) >= 11 is 1.91. The van der Waals surface area contributed by atoms with Crippen LogP contribution < -0.4 is 4.74 Å². The van der Waals surface area contributed by atoms with Crippen LogP contribution in [0.2, 0.25) is 0 Å². The highest BCUT2D eigenvalue weighted by atomic mass is 35.5. The Bertz CT molecular complexity index is 749. The van der Waals surface area contributed by atoms with Gasteiger partial charge in [0.15, 0.2) is 0 Å². The molecular weight excluding hydrogens is 326 g/mol. The first kappa shape index (κ1) is 16.8. The smallest absolute Gasteiger partial charge is 0.136 e. The molecule has 2 aliphatic carbocycles. The number of halogens is 1. The molecule has 2 nitrogen and oxygen atoms in total. The molecule has 2 aliphatic rings. The van der Waals surface area contributed by atoms with Crippen LogP contribution in [0.3, 0.4) is 0 Å². The number of rotatable bonds is 4. The Hall–Kier alpha value is -1.03. The highest BCUT2D eigenvalue weighted by molar-refractivity contribution is 7.20. The molecule has 1 aromatic heterocycles. The number of nitrogens with zero attached hydrogens (tertiary/aromatic N) is 1. The van der Waals surface area contributed by atoms with Gasteiger partial charge in [-0.05, 0) is 73.9 Å². The first-order valence-electron chi connectivity index (χ1n) is 8.12. The molecule has 0 N–H and O–H groups in total. The van der Waals surface area contributed by atoms with Gasteiger partial charge in [-0.3, -0.25) is 0 Å². The van der Waals surface area contributed by atoms with E-state index in [0.717, 1.165) is 24.1 Å². The Morgan fingerprint density at radius 3 is 2.74 bits per heavy atom. The van der Waals surface area contributed by atoms with Gasteiger partial charge in [-0.15, -0.1) is 23.7 Å². The number of fused-ring (bicyclic) bond motifs is 3. The standard InChI is InChI=1S/C19H23NOS.ClH/c1-20(2)11-15-12-7-8-13(9-12)18(15)17-10-14-5-4-6-16(21-3)19(14)22-17;/h4-6,10,12-13H,7-9,11H2,1-3H3;1H. The molecule has 0 amide bonds. The van der Waals surface area contributed by atoms with Gasteiger partial charge in [0.25, 0.3) is 0 Å². The first-order chi connectivity index (χ1) is 10.7. The van der Waals surface area contributed by atoms with Gasteiger partial charge in [-0.1, -0.05) is 12.1 Å². The van der Waals surface area contributed by atoms with E-state index >= 15 is 0 Å². The molecule has 124 valence electrons. The number of ether oxygens (including phenoxy) is 1. The Morgan fingerprint density at radius 1 is 1.22 bits per heavy atom. The third-order valence-electron chi connectivity index (χ3n) is 5.16. The maximum Gasteiger partial charge on any atom is 0.136 e. The predicted molar refractivity (Wildman–Crippen MR) is 102 cm³/mol. The van der Waals surface area contributed by atoms with E-state index in [-0.39, 0.29) is 12.4 Å². The van der Waals surface area contributed by atoms with Gasteiger partial charge in [0.1, 0.15) is 5.75 Å². The molecule has 0 spiro atoms. The summed E-state index contributed by atoms with van der Waals surface area (Å²) in [4.78, 5) is 3.80. The fourth-order valence-electron chi connectivity index (χ4n) is 4.29. The summed E-state index contributed by atoms with van der Waals surface area (Å²) in [5.74, 6) is 2.63. The SMILES string of the molecule is COc1cccc2cc(C3=C(CN(C)C)C4CCC3C4)sc12.Cl. The van der Waals surface area contributed by atoms with E-state index < -0.39 is 0 Å². The van der Waals surface area contributed by atoms with E-state index in [2.05, 4.69) is 43.3 Å². The topological polar surface area (TPSA) is 12.5 Å². The minimum Gasteiger partial charge on any atom is -0.495 e. The molecule has 2 unspecified atom stereocenters. The van der Waals surface area contributed by atoms with Gasteiger partial charge >= 0.3 is 0 Å². The van der Waals surface area contributed by atoms with E-state index in [1.165, 1.54) is 34.2 Å². The molecule has 0 saturated heterocycles. The zero-order chi connectivity index (χ0) is 15.3. The number of hydrogen-bond donors (Lipinski definition) is 0. The summed E-state index contributed by atoms with van der Waals surface area (Å²) < 4.78 is 6.83. The Morgan fingerprint density at radius 2 is 2.00 bits per heavy atom. The van der Waals surface area contributed by atoms with E-state index in [1.54, 1.807) is 18.3 Å². The molecule has 0 radical (unpaired) electrons. The second kappa shape index (κ2) is 6.46. The van der Waals surface area contributed by atoms with Crippen LogP contribution in [-0.4, -0.2) is 32.6 Å². The zero-order valence-electron chi connectivity index (χ0n) is 14.0. The van der Waals surface area contributed by atoms with Crippen LogP contribution in [0.15, 0.2) is 29.8 Å². The average molecular weight is 350 g/mol. The molecule has 4 heteroatoms. The van der Waals surface area contributed by atoms with Gasteiger partial charge in [-0.2, -0.15) is 0 Å². The second-order valence-electron chi connectivity index (χ2n) is 6.87. The van der Waals surface area contributed by atoms with Crippen molar-refractivity contribution in [1.29, 1.82) is 0 Å². The Balaban J connectivity index is 0.00000156. The lowest BCUT2D eigenvalue weighted by molar-refractivity contribution is 0.420. The molecule has 4 rings (SSSR count). The third-order valence-corrected chi connectivity index (χ3v) is 6.36. The molecule has 0 aliphatic heterocycles. The second-order valence-corrected chi connectivity index (χ2v) is 7.93. The summed E-state index contributed by atoms with van der Waals surface area (Å²) in [5.41, 5.74) is 3.36. The van der Waals surface area contributed by atoms with Crippen LogP contribution >= 0.6 is 23.7 Å². The quantitative estimate of drug-likeness (QED) is 0.763. The Kier molecular flexibility index (Phi) is 4.73. The molecule has 1 aromatic carbocycles. The monoisotopic (exact) mass is 349 g/mol. The predicted octanol–water partition coefficient (Wildman–Crippen LogP) is 5.08. The minimum absolute atomic E-state index is 0. The van der Waals surface area contributed by atoms with E-state index in [1.807, 2.05) is 11.3 Å². The van der Waals surface area contributed by atoms with Crippen molar-refractivity contribution in [1.82, 2.24) is 4.90 Å². The van der Waals surface area contributed by atoms with Crippen molar-refractivity contribution in [3.8, 4) is 5.75 Å². The molecular formula is C19H24ClNOS. The lowest BCUT2D eigenvalue weighted by atomic mass is 9.90. The van der Waals surface area contributed by atoms with Gasteiger partial charge in [0.05, 0.1) is 11.8 Å². The van der Waals surface area contributed by atoms with Crippen LogP contribution in [0.1, 0.15) is 24.1 Å². The number of likely N-dealkylation sites (N-methyl/N-ethyl adjacent to an activating group) is 1.